The highest BCUT2D eigenvalue weighted by molar-refractivity contribution is 5.92. The predicted molar refractivity (Wildman–Crippen MR) is 70.4 cm³/mol. The Morgan fingerprint density at radius 1 is 1.41 bits per heavy atom. The fourth-order valence-corrected chi connectivity index (χ4v) is 1.89. The van der Waals surface area contributed by atoms with Crippen molar-refractivity contribution in [3.63, 3.8) is 0 Å². The maximum absolute atomic E-state index is 11.2. The van der Waals surface area contributed by atoms with Crippen LogP contribution >= 0.6 is 0 Å². The van der Waals surface area contributed by atoms with Crippen LogP contribution in [0, 0.1) is 19.8 Å². The summed E-state index contributed by atoms with van der Waals surface area (Å²) in [5, 5.41) is 9.22. The highest BCUT2D eigenvalue weighted by Crippen LogP contribution is 2.27. The summed E-state index contributed by atoms with van der Waals surface area (Å²) in [6.07, 6.45) is 1.68. The van der Waals surface area contributed by atoms with Gasteiger partial charge in [-0.2, -0.15) is 0 Å². The first-order valence-electron chi connectivity index (χ1n) is 5.96. The highest BCUT2D eigenvalue weighted by atomic mass is 16.4. The molecule has 0 bridgehead atoms. The fraction of sp³-hybridized carbons (Fsp3) is 0.500. The first kappa shape index (κ1) is 13.6. The molecule has 17 heavy (non-hydrogen) atoms. The minimum absolute atomic E-state index is 0.353. The fourth-order valence-electron chi connectivity index (χ4n) is 1.89. The van der Waals surface area contributed by atoms with Crippen molar-refractivity contribution >= 4 is 11.7 Å². The van der Waals surface area contributed by atoms with E-state index in [9.17, 15) is 9.90 Å². The topological polar surface area (TPSA) is 63.3 Å². The van der Waals surface area contributed by atoms with Gasteiger partial charge in [0.1, 0.15) is 0 Å². The van der Waals surface area contributed by atoms with Gasteiger partial charge in [0.2, 0.25) is 0 Å². The van der Waals surface area contributed by atoms with Gasteiger partial charge in [-0.25, -0.2) is 4.79 Å². The number of aryl methyl sites for hydroxylation is 1. The van der Waals surface area contributed by atoms with Crippen molar-refractivity contribution in [1.29, 1.82) is 0 Å². The van der Waals surface area contributed by atoms with Crippen molar-refractivity contribution < 1.29 is 9.90 Å². The smallest absolute Gasteiger partial charge is 0.336 e. The van der Waals surface area contributed by atoms with E-state index in [1.54, 1.807) is 6.07 Å². The molecule has 0 unspecified atom stereocenters. The third kappa shape index (κ3) is 2.99. The largest absolute Gasteiger partial charge is 0.478 e. The first-order valence-corrected chi connectivity index (χ1v) is 5.96. The number of carboxylic acids is 1. The van der Waals surface area contributed by atoms with Crippen molar-refractivity contribution in [2.45, 2.75) is 40.5 Å². The Balaban J connectivity index is 3.24. The number of rotatable bonds is 4. The molecule has 0 amide bonds. The van der Waals surface area contributed by atoms with Gasteiger partial charge in [0.05, 0.1) is 5.56 Å². The summed E-state index contributed by atoms with van der Waals surface area (Å²) in [4.78, 5) is 11.2. The number of hydrogen-bond donors (Lipinski definition) is 2. The summed E-state index contributed by atoms with van der Waals surface area (Å²) in [5.41, 5.74) is 9.76. The lowest BCUT2D eigenvalue weighted by Gasteiger charge is -2.15. The number of nitrogens with two attached hydrogens (primary N) is 1. The van der Waals surface area contributed by atoms with E-state index in [1.807, 2.05) is 13.8 Å². The van der Waals surface area contributed by atoms with Crippen LogP contribution in [-0.2, 0) is 6.42 Å². The molecule has 94 valence electrons. The van der Waals surface area contributed by atoms with Crippen LogP contribution in [0.5, 0.6) is 0 Å². The van der Waals surface area contributed by atoms with E-state index in [0.717, 1.165) is 29.5 Å². The zero-order valence-corrected chi connectivity index (χ0v) is 11.0. The maximum atomic E-state index is 11.2. The van der Waals surface area contributed by atoms with E-state index in [4.69, 9.17) is 5.73 Å². The second-order valence-electron chi connectivity index (χ2n) is 5.00. The Kier molecular flexibility index (Phi) is 4.16. The molecular formula is C14H21NO2. The lowest BCUT2D eigenvalue weighted by Crippen LogP contribution is -2.10. The van der Waals surface area contributed by atoms with Gasteiger partial charge in [0.15, 0.2) is 0 Å². The zero-order valence-electron chi connectivity index (χ0n) is 11.0. The van der Waals surface area contributed by atoms with Gasteiger partial charge in [-0.3, -0.25) is 0 Å². The minimum atomic E-state index is -0.890. The van der Waals surface area contributed by atoms with Gasteiger partial charge in [-0.15, -0.1) is 0 Å². The molecule has 1 aromatic carbocycles. The molecule has 0 fully saturated rings. The van der Waals surface area contributed by atoms with Crippen molar-refractivity contribution in [3.05, 3.63) is 28.3 Å². The van der Waals surface area contributed by atoms with Crippen LogP contribution in [0.25, 0.3) is 0 Å². The van der Waals surface area contributed by atoms with Gasteiger partial charge >= 0.3 is 5.97 Å². The summed E-state index contributed by atoms with van der Waals surface area (Å²) in [6.45, 7) is 8.08. The molecule has 0 saturated heterocycles. The van der Waals surface area contributed by atoms with Crippen LogP contribution in [-0.4, -0.2) is 11.1 Å². The van der Waals surface area contributed by atoms with Crippen LogP contribution in [0.3, 0.4) is 0 Å². The van der Waals surface area contributed by atoms with Crippen molar-refractivity contribution in [3.8, 4) is 0 Å². The number of aromatic carboxylic acids is 1. The maximum Gasteiger partial charge on any atom is 0.336 e. The van der Waals surface area contributed by atoms with Crippen molar-refractivity contribution in [2.24, 2.45) is 5.92 Å². The minimum Gasteiger partial charge on any atom is -0.478 e. The number of carbonyl (C=O) groups is 1. The monoisotopic (exact) mass is 235 g/mol. The lowest BCUT2D eigenvalue weighted by atomic mass is 9.92. The van der Waals surface area contributed by atoms with Crippen molar-refractivity contribution in [2.75, 3.05) is 5.73 Å². The quantitative estimate of drug-likeness (QED) is 0.788. The summed E-state index contributed by atoms with van der Waals surface area (Å²) < 4.78 is 0. The number of anilines is 1. The van der Waals surface area contributed by atoms with Crippen LogP contribution in [0.15, 0.2) is 6.07 Å². The number of benzene rings is 1. The molecule has 0 spiro atoms. The molecule has 3 nitrogen and oxygen atoms in total. The molecule has 1 aromatic rings. The van der Waals surface area contributed by atoms with Crippen LogP contribution in [0.1, 0.15) is 47.3 Å². The van der Waals surface area contributed by atoms with E-state index in [0.29, 0.717) is 17.2 Å². The average molecular weight is 235 g/mol. The Hall–Kier alpha value is -1.51. The summed E-state index contributed by atoms with van der Waals surface area (Å²) in [5.74, 6) is -0.351. The van der Waals surface area contributed by atoms with E-state index < -0.39 is 5.97 Å². The molecule has 3 heteroatoms. The van der Waals surface area contributed by atoms with Gasteiger partial charge in [-0.05, 0) is 55.4 Å². The molecule has 0 atom stereocenters. The molecule has 0 aliphatic rings. The standard InChI is InChI=1S/C14H21NO2/c1-8(2)5-6-11-12(14(16)17)7-9(3)10(4)13(11)15/h7-8H,5-6,15H2,1-4H3,(H,16,17). The van der Waals surface area contributed by atoms with Crippen LogP contribution in [0.2, 0.25) is 0 Å². The van der Waals surface area contributed by atoms with Crippen LogP contribution < -0.4 is 5.73 Å². The number of nitrogen functional groups attached to an aromatic ring is 1. The molecule has 0 aromatic heterocycles. The van der Waals surface area contributed by atoms with Gasteiger partial charge < -0.3 is 10.8 Å². The Morgan fingerprint density at radius 2 is 2.00 bits per heavy atom. The second kappa shape index (κ2) is 5.21. The molecule has 0 saturated carbocycles. The molecular weight excluding hydrogens is 214 g/mol. The molecule has 0 aliphatic carbocycles. The first-order chi connectivity index (χ1) is 7.84. The Labute approximate surface area is 103 Å². The molecule has 0 radical (unpaired) electrons. The Morgan fingerprint density at radius 3 is 2.47 bits per heavy atom. The summed E-state index contributed by atoms with van der Waals surface area (Å²) >= 11 is 0. The molecule has 1 rings (SSSR count). The van der Waals surface area contributed by atoms with E-state index in [1.165, 1.54) is 0 Å². The van der Waals surface area contributed by atoms with Gasteiger partial charge in [0, 0.05) is 5.69 Å². The Bertz CT molecular complexity index is 436. The zero-order chi connectivity index (χ0) is 13.2. The number of hydrogen-bond acceptors (Lipinski definition) is 2. The van der Waals surface area contributed by atoms with E-state index in [2.05, 4.69) is 13.8 Å². The molecule has 3 N–H and O–H groups in total. The summed E-state index contributed by atoms with van der Waals surface area (Å²) in [7, 11) is 0. The average Bonchev–Trinajstić information content (AvgIpc) is 2.23. The normalized spacial score (nSPS) is 10.9. The SMILES string of the molecule is Cc1cc(C(=O)O)c(CCC(C)C)c(N)c1C. The predicted octanol–water partition coefficient (Wildman–Crippen LogP) is 3.17. The third-order valence-electron chi connectivity index (χ3n) is 3.21. The van der Waals surface area contributed by atoms with E-state index in [-0.39, 0.29) is 0 Å². The number of carboxylic acid groups (broad SMARTS) is 1. The van der Waals surface area contributed by atoms with Gasteiger partial charge in [0.25, 0.3) is 0 Å². The van der Waals surface area contributed by atoms with Crippen LogP contribution in [0.4, 0.5) is 5.69 Å². The molecule has 0 heterocycles. The van der Waals surface area contributed by atoms with E-state index >= 15 is 0 Å². The second-order valence-corrected chi connectivity index (χ2v) is 5.00. The third-order valence-corrected chi connectivity index (χ3v) is 3.21. The lowest BCUT2D eigenvalue weighted by molar-refractivity contribution is 0.0695. The highest BCUT2D eigenvalue weighted by Gasteiger charge is 2.16. The van der Waals surface area contributed by atoms with Crippen molar-refractivity contribution in [1.82, 2.24) is 0 Å². The molecule has 0 aliphatic heterocycles. The summed E-state index contributed by atoms with van der Waals surface area (Å²) in [6, 6.07) is 1.73. The van der Waals surface area contributed by atoms with Gasteiger partial charge in [-0.1, -0.05) is 13.8 Å².